The van der Waals surface area contributed by atoms with Crippen molar-refractivity contribution in [2.45, 2.75) is 12.5 Å². The second-order valence-corrected chi connectivity index (χ2v) is 5.90. The van der Waals surface area contributed by atoms with Crippen molar-refractivity contribution in [1.82, 2.24) is 20.3 Å². The number of aromatic amines is 1. The first-order valence-corrected chi connectivity index (χ1v) is 7.75. The molecular weight excluding hydrogens is 336 g/mol. The lowest BCUT2D eigenvalue weighted by atomic mass is 10.1. The summed E-state index contributed by atoms with van der Waals surface area (Å²) in [7, 11) is 0. The average Bonchev–Trinajstić information content (AvgIpc) is 3.21. The Bertz CT molecular complexity index is 875. The fraction of sp³-hybridized carbons (Fsp3) is 0.133. The fourth-order valence-electron chi connectivity index (χ4n) is 2.00. The SMILES string of the molecule is C=CC(F)(F)c1ccc2nc(NC(=O)NCc3ncc[nH]3)sc2c1. The fourth-order valence-corrected chi connectivity index (χ4v) is 2.90. The number of hydrogen-bond donors (Lipinski definition) is 3. The van der Waals surface area contributed by atoms with Gasteiger partial charge in [-0.2, -0.15) is 8.78 Å². The number of imidazole rings is 1. The molecule has 0 spiro atoms. The first kappa shape index (κ1) is 16.1. The summed E-state index contributed by atoms with van der Waals surface area (Å²) in [6.45, 7) is 3.38. The molecule has 0 fully saturated rings. The van der Waals surface area contributed by atoms with Gasteiger partial charge in [-0.1, -0.05) is 24.0 Å². The Labute approximate surface area is 139 Å². The zero-order valence-corrected chi connectivity index (χ0v) is 13.2. The maximum atomic E-state index is 13.6. The second-order valence-electron chi connectivity index (χ2n) is 4.87. The molecule has 1 aromatic carbocycles. The van der Waals surface area contributed by atoms with E-state index in [0.29, 0.717) is 27.2 Å². The molecule has 0 aliphatic rings. The summed E-state index contributed by atoms with van der Waals surface area (Å²) in [6.07, 6.45) is 3.83. The number of carbonyl (C=O) groups excluding carboxylic acids is 1. The number of anilines is 1. The molecule has 6 nitrogen and oxygen atoms in total. The summed E-state index contributed by atoms with van der Waals surface area (Å²) >= 11 is 1.12. The molecule has 3 N–H and O–H groups in total. The van der Waals surface area contributed by atoms with Crippen LogP contribution >= 0.6 is 11.3 Å². The van der Waals surface area contributed by atoms with E-state index < -0.39 is 12.0 Å². The molecule has 0 aliphatic carbocycles. The van der Waals surface area contributed by atoms with Gasteiger partial charge in [0.25, 0.3) is 5.92 Å². The number of H-pyrrole nitrogens is 1. The van der Waals surface area contributed by atoms with Crippen LogP contribution in [0.25, 0.3) is 10.2 Å². The Morgan fingerprint density at radius 1 is 1.46 bits per heavy atom. The molecule has 0 bridgehead atoms. The first-order valence-electron chi connectivity index (χ1n) is 6.93. The van der Waals surface area contributed by atoms with Crippen LogP contribution < -0.4 is 10.6 Å². The number of carbonyl (C=O) groups is 1. The molecule has 3 rings (SSSR count). The van der Waals surface area contributed by atoms with E-state index in [2.05, 4.69) is 32.2 Å². The number of rotatable bonds is 5. The molecule has 24 heavy (non-hydrogen) atoms. The minimum atomic E-state index is -3.10. The lowest BCUT2D eigenvalue weighted by molar-refractivity contribution is 0.0527. The number of aromatic nitrogens is 3. The third-order valence-corrected chi connectivity index (χ3v) is 4.15. The van der Waals surface area contributed by atoms with Gasteiger partial charge in [0.1, 0.15) is 5.82 Å². The molecule has 0 unspecified atom stereocenters. The Morgan fingerprint density at radius 2 is 2.29 bits per heavy atom. The van der Waals surface area contributed by atoms with Crippen molar-refractivity contribution in [2.24, 2.45) is 0 Å². The summed E-state index contributed by atoms with van der Waals surface area (Å²) in [4.78, 5) is 22.9. The maximum absolute atomic E-state index is 13.6. The molecule has 0 radical (unpaired) electrons. The van der Waals surface area contributed by atoms with E-state index in [-0.39, 0.29) is 12.1 Å². The number of alkyl halides is 2. The van der Waals surface area contributed by atoms with Crippen molar-refractivity contribution in [3.05, 3.63) is 54.6 Å². The van der Waals surface area contributed by atoms with Crippen molar-refractivity contribution in [3.63, 3.8) is 0 Å². The van der Waals surface area contributed by atoms with Crippen LogP contribution in [0, 0.1) is 0 Å². The van der Waals surface area contributed by atoms with Crippen molar-refractivity contribution in [3.8, 4) is 0 Å². The van der Waals surface area contributed by atoms with E-state index in [9.17, 15) is 13.6 Å². The largest absolute Gasteiger partial charge is 0.347 e. The molecule has 3 aromatic rings. The van der Waals surface area contributed by atoms with E-state index in [4.69, 9.17) is 0 Å². The predicted octanol–water partition coefficient (Wildman–Crippen LogP) is 3.62. The van der Waals surface area contributed by atoms with Crippen LogP contribution in [0.4, 0.5) is 18.7 Å². The number of nitrogens with one attached hydrogen (secondary N) is 3. The number of nitrogens with zero attached hydrogens (tertiary/aromatic N) is 2. The highest BCUT2D eigenvalue weighted by molar-refractivity contribution is 7.22. The van der Waals surface area contributed by atoms with Gasteiger partial charge in [-0.05, 0) is 18.2 Å². The van der Waals surface area contributed by atoms with Crippen molar-refractivity contribution >= 4 is 32.7 Å². The van der Waals surface area contributed by atoms with Crippen LogP contribution in [0.3, 0.4) is 0 Å². The average molecular weight is 349 g/mol. The van der Waals surface area contributed by atoms with Crippen LogP contribution in [0.1, 0.15) is 11.4 Å². The van der Waals surface area contributed by atoms with E-state index in [0.717, 1.165) is 11.3 Å². The van der Waals surface area contributed by atoms with Gasteiger partial charge in [0.2, 0.25) is 0 Å². The minimum Gasteiger partial charge on any atom is -0.347 e. The summed E-state index contributed by atoms with van der Waals surface area (Å²) < 4.78 is 27.8. The van der Waals surface area contributed by atoms with Crippen molar-refractivity contribution < 1.29 is 13.6 Å². The van der Waals surface area contributed by atoms with Gasteiger partial charge in [0.05, 0.1) is 16.8 Å². The molecule has 2 heterocycles. The van der Waals surface area contributed by atoms with Gasteiger partial charge in [-0.15, -0.1) is 0 Å². The van der Waals surface area contributed by atoms with E-state index in [1.165, 1.54) is 18.2 Å². The number of thiazole rings is 1. The highest BCUT2D eigenvalue weighted by Crippen LogP contribution is 2.34. The van der Waals surface area contributed by atoms with Gasteiger partial charge < -0.3 is 10.3 Å². The summed E-state index contributed by atoms with van der Waals surface area (Å²) in [5.41, 5.74) is 0.368. The van der Waals surface area contributed by atoms with Crippen LogP contribution in [0.5, 0.6) is 0 Å². The normalized spacial score (nSPS) is 11.4. The lowest BCUT2D eigenvalue weighted by Crippen LogP contribution is -2.28. The third kappa shape index (κ3) is 3.40. The Morgan fingerprint density at radius 3 is 3.00 bits per heavy atom. The summed E-state index contributed by atoms with van der Waals surface area (Å²) in [6, 6.07) is 3.68. The Hall–Kier alpha value is -2.81. The molecule has 2 aromatic heterocycles. The minimum absolute atomic E-state index is 0.164. The number of benzene rings is 1. The van der Waals surface area contributed by atoms with Crippen LogP contribution in [0.15, 0.2) is 43.2 Å². The molecular formula is C15H13F2N5OS. The number of hydrogen-bond acceptors (Lipinski definition) is 4. The third-order valence-electron chi connectivity index (χ3n) is 3.22. The van der Waals surface area contributed by atoms with Crippen molar-refractivity contribution in [1.29, 1.82) is 0 Å². The van der Waals surface area contributed by atoms with E-state index in [1.807, 2.05) is 0 Å². The first-order chi connectivity index (χ1) is 11.5. The number of amides is 2. The zero-order valence-electron chi connectivity index (χ0n) is 12.3. The monoisotopic (exact) mass is 349 g/mol. The molecule has 2 amide bonds. The molecule has 0 aliphatic heterocycles. The lowest BCUT2D eigenvalue weighted by Gasteiger charge is -2.10. The number of fused-ring (bicyclic) bond motifs is 1. The summed E-state index contributed by atoms with van der Waals surface area (Å²) in [5.74, 6) is -2.49. The molecule has 0 atom stereocenters. The van der Waals surface area contributed by atoms with E-state index in [1.54, 1.807) is 12.4 Å². The molecule has 9 heteroatoms. The highest BCUT2D eigenvalue weighted by Gasteiger charge is 2.27. The predicted molar refractivity (Wildman–Crippen MR) is 88.2 cm³/mol. The molecule has 0 saturated carbocycles. The van der Waals surface area contributed by atoms with Gasteiger partial charge in [0, 0.05) is 18.0 Å². The zero-order chi connectivity index (χ0) is 17.2. The van der Waals surface area contributed by atoms with Crippen LogP contribution in [-0.4, -0.2) is 21.0 Å². The second kappa shape index (κ2) is 6.36. The number of urea groups is 1. The topological polar surface area (TPSA) is 82.7 Å². The highest BCUT2D eigenvalue weighted by atomic mass is 32.1. The van der Waals surface area contributed by atoms with Crippen LogP contribution in [-0.2, 0) is 12.5 Å². The molecule has 0 saturated heterocycles. The Balaban J connectivity index is 1.71. The van der Waals surface area contributed by atoms with Crippen molar-refractivity contribution in [2.75, 3.05) is 5.32 Å². The quantitative estimate of drug-likeness (QED) is 0.615. The number of halogens is 2. The molecule has 124 valence electrons. The maximum Gasteiger partial charge on any atom is 0.321 e. The number of allylic oxidation sites excluding steroid dienone is 1. The smallest absolute Gasteiger partial charge is 0.321 e. The standard InChI is InChI=1S/C15H13F2N5OS/c1-2-15(16,17)9-3-4-10-11(7-9)24-14(21-10)22-13(23)20-8-12-18-5-6-19-12/h2-7H,1,8H2,(H,18,19)(H2,20,21,22,23). The van der Waals surface area contributed by atoms with E-state index >= 15 is 0 Å². The Kier molecular flexibility index (Phi) is 4.26. The van der Waals surface area contributed by atoms with Gasteiger partial charge in [0.15, 0.2) is 5.13 Å². The van der Waals surface area contributed by atoms with Gasteiger partial charge in [-0.3, -0.25) is 5.32 Å². The van der Waals surface area contributed by atoms with Gasteiger partial charge >= 0.3 is 6.03 Å². The van der Waals surface area contributed by atoms with Crippen LogP contribution in [0.2, 0.25) is 0 Å². The summed E-state index contributed by atoms with van der Waals surface area (Å²) in [5, 5.41) is 5.51. The van der Waals surface area contributed by atoms with Gasteiger partial charge in [-0.25, -0.2) is 14.8 Å².